The number of nitrogens with two attached hydrogens (primary N) is 1. The molecule has 0 unspecified atom stereocenters. The summed E-state index contributed by atoms with van der Waals surface area (Å²) in [7, 11) is 1.71. The third kappa shape index (κ3) is 12.8. The number of piperidine rings is 1. The molecule has 49 heavy (non-hydrogen) atoms. The van der Waals surface area contributed by atoms with Crippen LogP contribution in [0.25, 0.3) is 0 Å². The number of alkyl halides is 3. The largest absolute Gasteiger partial charge is 0.490 e. The molecular weight excluding hydrogens is 641 g/mol. The predicted molar refractivity (Wildman–Crippen MR) is 178 cm³/mol. The lowest BCUT2D eigenvalue weighted by molar-refractivity contribution is -0.192. The van der Waals surface area contributed by atoms with Crippen molar-refractivity contribution in [2.24, 2.45) is 23.5 Å². The van der Waals surface area contributed by atoms with Crippen molar-refractivity contribution in [2.75, 3.05) is 26.7 Å². The zero-order valence-corrected chi connectivity index (χ0v) is 27.7. The second kappa shape index (κ2) is 18.9. The smallest absolute Gasteiger partial charge is 0.475 e. The van der Waals surface area contributed by atoms with E-state index < -0.39 is 30.0 Å². The van der Waals surface area contributed by atoms with Crippen LogP contribution in [0.1, 0.15) is 61.6 Å². The maximum atomic E-state index is 14.0. The van der Waals surface area contributed by atoms with Gasteiger partial charge in [-0.05, 0) is 68.2 Å². The van der Waals surface area contributed by atoms with Crippen molar-refractivity contribution in [1.82, 2.24) is 20.9 Å². The van der Waals surface area contributed by atoms with Crippen LogP contribution in [-0.2, 0) is 32.1 Å². The number of carbonyl (C=O) groups is 4. The number of carboxylic acids is 1. The molecule has 4 rings (SSSR count). The second-order valence-corrected chi connectivity index (χ2v) is 12.7. The predicted octanol–water partition coefficient (Wildman–Crippen LogP) is 3.60. The van der Waals surface area contributed by atoms with Gasteiger partial charge in [0.05, 0.1) is 0 Å². The Balaban J connectivity index is 0.000000838. The Morgan fingerprint density at radius 1 is 0.939 bits per heavy atom. The van der Waals surface area contributed by atoms with Gasteiger partial charge in [0.2, 0.25) is 17.7 Å². The van der Waals surface area contributed by atoms with Gasteiger partial charge in [0.15, 0.2) is 0 Å². The van der Waals surface area contributed by atoms with E-state index in [1.807, 2.05) is 30.3 Å². The monoisotopic (exact) mass is 688 g/mol. The van der Waals surface area contributed by atoms with Crippen molar-refractivity contribution in [3.63, 3.8) is 0 Å². The lowest BCUT2D eigenvalue weighted by Gasteiger charge is -2.32. The highest BCUT2D eigenvalue weighted by atomic mass is 19.4. The average Bonchev–Trinajstić information content (AvgIpc) is 3.09. The van der Waals surface area contributed by atoms with E-state index in [0.29, 0.717) is 24.6 Å². The number of nitrogen functional groups attached to an aromatic ring is 1. The molecule has 3 amide bonds. The highest BCUT2D eigenvalue weighted by Gasteiger charge is 2.38. The summed E-state index contributed by atoms with van der Waals surface area (Å²) in [5.74, 6) is -4.21. The van der Waals surface area contributed by atoms with E-state index in [2.05, 4.69) is 16.0 Å². The Bertz CT molecular complexity index is 1390. The molecule has 1 aliphatic carbocycles. The Hall–Kier alpha value is -4.46. The van der Waals surface area contributed by atoms with Gasteiger partial charge in [-0.1, -0.05) is 73.9 Å². The van der Waals surface area contributed by atoms with Crippen molar-refractivity contribution >= 4 is 29.5 Å². The molecule has 0 bridgehead atoms. The summed E-state index contributed by atoms with van der Waals surface area (Å²) < 4.78 is 31.7. The van der Waals surface area contributed by atoms with Crippen LogP contribution in [0.4, 0.5) is 13.2 Å². The SMILES string of the molecule is CN(Cc1ccccc1)C(=O)[C@H](Cc1ccc(C(=N)N)cc1)C(=O)N[C@H](C(=O)NCC1CCNCC1)C1CCCCC1.O=C(O)C(F)(F)F. The number of carboxylic acid groups (broad SMARTS) is 1. The molecule has 2 aromatic carbocycles. The number of rotatable bonds is 12. The third-order valence-electron chi connectivity index (χ3n) is 8.93. The molecular formula is C35H47F3N6O5. The van der Waals surface area contributed by atoms with Crippen LogP contribution in [-0.4, -0.2) is 78.4 Å². The quantitative estimate of drug-likeness (QED) is 0.112. The maximum absolute atomic E-state index is 14.0. The summed E-state index contributed by atoms with van der Waals surface area (Å²) in [6, 6.07) is 16.0. The van der Waals surface area contributed by atoms with Gasteiger partial charge in [-0.15, -0.1) is 0 Å². The molecule has 0 spiro atoms. The minimum atomic E-state index is -5.08. The first-order valence-corrected chi connectivity index (χ1v) is 16.6. The summed E-state index contributed by atoms with van der Waals surface area (Å²) in [6.07, 6.45) is 2.09. The first kappa shape index (κ1) is 39.0. The molecule has 2 aliphatic rings. The van der Waals surface area contributed by atoms with Crippen LogP contribution in [0.5, 0.6) is 0 Å². The van der Waals surface area contributed by atoms with Crippen molar-refractivity contribution in [1.29, 1.82) is 5.41 Å². The molecule has 2 fully saturated rings. The van der Waals surface area contributed by atoms with E-state index in [4.69, 9.17) is 21.0 Å². The highest BCUT2D eigenvalue weighted by molar-refractivity contribution is 6.02. The Morgan fingerprint density at radius 2 is 1.53 bits per heavy atom. The molecule has 2 aromatic rings. The van der Waals surface area contributed by atoms with Gasteiger partial charge in [0, 0.05) is 25.7 Å². The van der Waals surface area contributed by atoms with Gasteiger partial charge in [0.25, 0.3) is 0 Å². The van der Waals surface area contributed by atoms with E-state index in [1.165, 1.54) is 0 Å². The summed E-state index contributed by atoms with van der Waals surface area (Å²) in [6.45, 7) is 2.88. The molecule has 0 radical (unpaired) electrons. The van der Waals surface area contributed by atoms with Crippen LogP contribution in [0.2, 0.25) is 0 Å². The number of amides is 3. The molecule has 11 nitrogen and oxygen atoms in total. The average molecular weight is 689 g/mol. The fourth-order valence-electron chi connectivity index (χ4n) is 6.11. The topological polar surface area (TPSA) is 178 Å². The standard InChI is InChI=1S/C33H46N6O3.C2HF3O2/c1-39(22-25-8-4-2-5-9-25)33(42)28(20-23-12-14-27(15-13-23)30(34)35)31(40)38-29(26-10-6-3-7-11-26)32(41)37-21-24-16-18-36-19-17-24;3-2(4,5)1(6)7/h2,4-5,8-9,12-15,24,26,28-29,36H,3,6-7,10-11,16-22H2,1H3,(H3,34,35)(H,37,41)(H,38,40);(H,6,7)/t28-,29+;/m1./s1. The van der Waals surface area contributed by atoms with Crippen LogP contribution < -0.4 is 21.7 Å². The van der Waals surface area contributed by atoms with Gasteiger partial charge in [-0.3, -0.25) is 19.8 Å². The van der Waals surface area contributed by atoms with E-state index in [9.17, 15) is 27.6 Å². The highest BCUT2D eigenvalue weighted by Crippen LogP contribution is 2.27. The molecule has 1 saturated heterocycles. The first-order chi connectivity index (χ1) is 23.3. The van der Waals surface area contributed by atoms with Gasteiger partial charge >= 0.3 is 12.1 Å². The van der Waals surface area contributed by atoms with E-state index >= 15 is 0 Å². The van der Waals surface area contributed by atoms with Crippen LogP contribution in [0.15, 0.2) is 54.6 Å². The lowest BCUT2D eigenvalue weighted by atomic mass is 9.83. The molecule has 2 atom stereocenters. The fourth-order valence-corrected chi connectivity index (χ4v) is 6.11. The number of halogens is 3. The van der Waals surface area contributed by atoms with Crippen LogP contribution >= 0.6 is 0 Å². The minimum Gasteiger partial charge on any atom is -0.475 e. The first-order valence-electron chi connectivity index (χ1n) is 16.6. The molecule has 0 aromatic heterocycles. The number of nitrogens with zero attached hydrogens (tertiary/aromatic N) is 1. The molecule has 268 valence electrons. The van der Waals surface area contributed by atoms with Crippen molar-refractivity contribution < 1.29 is 37.5 Å². The minimum absolute atomic E-state index is 0.0414. The van der Waals surface area contributed by atoms with Crippen molar-refractivity contribution in [3.05, 3.63) is 71.3 Å². The molecule has 14 heteroatoms. The Kier molecular flexibility index (Phi) is 15.0. The number of hydrogen-bond donors (Lipinski definition) is 6. The van der Waals surface area contributed by atoms with E-state index in [1.54, 1.807) is 36.2 Å². The normalized spacial score (nSPS) is 16.7. The molecule has 7 N–H and O–H groups in total. The Labute approximate surface area is 284 Å². The van der Waals surface area contributed by atoms with Gasteiger partial charge in [-0.2, -0.15) is 13.2 Å². The summed E-state index contributed by atoms with van der Waals surface area (Å²) in [4.78, 5) is 51.9. The van der Waals surface area contributed by atoms with E-state index in [-0.39, 0.29) is 30.0 Å². The van der Waals surface area contributed by atoms with Gasteiger partial charge < -0.3 is 31.7 Å². The summed E-state index contributed by atoms with van der Waals surface area (Å²) in [5, 5.41) is 24.3. The van der Waals surface area contributed by atoms with Crippen molar-refractivity contribution in [2.45, 2.75) is 70.1 Å². The molecule has 1 heterocycles. The third-order valence-corrected chi connectivity index (χ3v) is 8.93. The zero-order chi connectivity index (χ0) is 36.0. The molecule has 1 aliphatic heterocycles. The number of carbonyl (C=O) groups excluding carboxylic acids is 3. The maximum Gasteiger partial charge on any atom is 0.490 e. The Morgan fingerprint density at radius 3 is 2.08 bits per heavy atom. The number of amidine groups is 1. The zero-order valence-electron chi connectivity index (χ0n) is 27.7. The number of nitrogens with one attached hydrogen (secondary N) is 4. The van der Waals surface area contributed by atoms with Gasteiger partial charge in [-0.25, -0.2) is 4.79 Å². The van der Waals surface area contributed by atoms with Crippen molar-refractivity contribution in [3.8, 4) is 0 Å². The molecule has 1 saturated carbocycles. The summed E-state index contributed by atoms with van der Waals surface area (Å²) >= 11 is 0. The lowest BCUT2D eigenvalue weighted by Crippen LogP contribution is -2.55. The fraction of sp³-hybridized carbons (Fsp3) is 0.514. The number of benzene rings is 2. The van der Waals surface area contributed by atoms with Gasteiger partial charge in [0.1, 0.15) is 17.8 Å². The van der Waals surface area contributed by atoms with Crippen LogP contribution in [0, 0.1) is 23.2 Å². The number of aliphatic carboxylic acids is 1. The van der Waals surface area contributed by atoms with Crippen LogP contribution in [0.3, 0.4) is 0 Å². The van der Waals surface area contributed by atoms with E-state index in [0.717, 1.165) is 69.2 Å². The second-order valence-electron chi connectivity index (χ2n) is 12.7. The summed E-state index contributed by atoms with van der Waals surface area (Å²) in [5.41, 5.74) is 7.95. The number of hydrogen-bond acceptors (Lipinski definition) is 6.